The van der Waals surface area contributed by atoms with Crippen LogP contribution in [0, 0.1) is 5.82 Å². The molecule has 5 heterocycles. The van der Waals surface area contributed by atoms with E-state index in [4.69, 9.17) is 4.98 Å². The minimum atomic E-state index is -0.413. The van der Waals surface area contributed by atoms with Crippen LogP contribution in [0.25, 0.3) is 55.7 Å². The maximum Gasteiger partial charge on any atom is 0.159 e. The third-order valence-electron chi connectivity index (χ3n) is 5.55. The zero-order valence-electron chi connectivity index (χ0n) is 17.5. The average Bonchev–Trinajstić information content (AvgIpc) is 3.47. The van der Waals surface area contributed by atoms with E-state index < -0.39 is 5.82 Å². The number of anilines is 1. The highest BCUT2D eigenvalue weighted by Gasteiger charge is 2.16. The van der Waals surface area contributed by atoms with Gasteiger partial charge >= 0.3 is 0 Å². The van der Waals surface area contributed by atoms with E-state index in [1.807, 2.05) is 31.3 Å². The van der Waals surface area contributed by atoms with Crippen LogP contribution in [0.2, 0.25) is 0 Å². The van der Waals surface area contributed by atoms with Crippen molar-refractivity contribution in [1.29, 1.82) is 0 Å². The number of pyridine rings is 3. The molecule has 8 nitrogen and oxygen atoms in total. The molecular weight excluding hydrogens is 419 g/mol. The van der Waals surface area contributed by atoms with Gasteiger partial charge in [0, 0.05) is 42.2 Å². The topological polar surface area (TPSA) is 108 Å². The molecule has 0 aliphatic heterocycles. The average molecular weight is 436 g/mol. The van der Waals surface area contributed by atoms with Gasteiger partial charge in [-0.2, -0.15) is 5.10 Å². The number of imidazole rings is 1. The fraction of sp³-hybridized carbons (Fsp3) is 0.0417. The molecule has 0 aliphatic carbocycles. The van der Waals surface area contributed by atoms with Gasteiger partial charge in [0.15, 0.2) is 5.82 Å². The van der Waals surface area contributed by atoms with Crippen LogP contribution in [0.4, 0.5) is 10.2 Å². The van der Waals surface area contributed by atoms with Crippen molar-refractivity contribution in [3.63, 3.8) is 0 Å². The second-order valence-corrected chi connectivity index (χ2v) is 7.57. The number of rotatable bonds is 4. The van der Waals surface area contributed by atoms with Gasteiger partial charge in [0.2, 0.25) is 0 Å². The van der Waals surface area contributed by atoms with Gasteiger partial charge in [0.05, 0.1) is 23.4 Å². The van der Waals surface area contributed by atoms with Crippen molar-refractivity contribution in [1.82, 2.24) is 35.1 Å². The van der Waals surface area contributed by atoms with E-state index in [9.17, 15) is 4.39 Å². The molecule has 0 saturated carbocycles. The molecule has 0 radical (unpaired) electrons. The standard InChI is InChI=1S/C24H17FN8/c1-26-21-8-14(4-5-29-21)13-2-3-19-17(7-13)23(33-32-19)24-30-20-12-28-11-18(22(20)31-24)15-6-16(25)10-27-9-15/h2-12H,1H3,(H,26,29)(H,30,31)(H,32,33). The fourth-order valence-electron chi connectivity index (χ4n) is 3.94. The molecule has 3 N–H and O–H groups in total. The van der Waals surface area contributed by atoms with Gasteiger partial charge in [-0.15, -0.1) is 0 Å². The molecule has 0 saturated heterocycles. The van der Waals surface area contributed by atoms with Crippen LogP contribution >= 0.6 is 0 Å². The molecule has 5 aromatic heterocycles. The number of nitrogens with one attached hydrogen (secondary N) is 3. The van der Waals surface area contributed by atoms with Gasteiger partial charge in [-0.05, 0) is 41.5 Å². The zero-order chi connectivity index (χ0) is 22.4. The molecule has 33 heavy (non-hydrogen) atoms. The number of hydrogen-bond acceptors (Lipinski definition) is 6. The van der Waals surface area contributed by atoms with Gasteiger partial charge in [-0.3, -0.25) is 15.1 Å². The number of aromatic nitrogens is 7. The maximum atomic E-state index is 13.7. The molecule has 0 amide bonds. The second-order valence-electron chi connectivity index (χ2n) is 7.57. The summed E-state index contributed by atoms with van der Waals surface area (Å²) in [5.41, 5.74) is 6.36. The Hall–Kier alpha value is -4.66. The van der Waals surface area contributed by atoms with Crippen LogP contribution in [0.1, 0.15) is 0 Å². The first-order valence-electron chi connectivity index (χ1n) is 10.3. The third-order valence-corrected chi connectivity index (χ3v) is 5.55. The summed E-state index contributed by atoms with van der Waals surface area (Å²) in [7, 11) is 1.84. The Morgan fingerprint density at radius 1 is 0.879 bits per heavy atom. The lowest BCUT2D eigenvalue weighted by atomic mass is 10.0. The van der Waals surface area contributed by atoms with Gasteiger partial charge < -0.3 is 10.3 Å². The molecule has 9 heteroatoms. The van der Waals surface area contributed by atoms with Crippen molar-refractivity contribution in [2.75, 3.05) is 12.4 Å². The highest BCUT2D eigenvalue weighted by Crippen LogP contribution is 2.33. The smallest absolute Gasteiger partial charge is 0.159 e. The Morgan fingerprint density at radius 2 is 1.76 bits per heavy atom. The Kier molecular flexibility index (Phi) is 4.32. The molecule has 1 aromatic carbocycles. The van der Waals surface area contributed by atoms with E-state index in [0.29, 0.717) is 28.2 Å². The summed E-state index contributed by atoms with van der Waals surface area (Å²) < 4.78 is 13.7. The Labute approximate surface area is 187 Å². The Bertz CT molecular complexity index is 1630. The van der Waals surface area contributed by atoms with E-state index in [2.05, 4.69) is 41.5 Å². The van der Waals surface area contributed by atoms with E-state index in [1.165, 1.54) is 12.3 Å². The first-order chi connectivity index (χ1) is 16.2. The van der Waals surface area contributed by atoms with Gasteiger partial charge in [0.25, 0.3) is 0 Å². The maximum absolute atomic E-state index is 13.7. The predicted octanol–water partition coefficient (Wildman–Crippen LogP) is 4.81. The molecule has 0 unspecified atom stereocenters. The fourth-order valence-corrected chi connectivity index (χ4v) is 3.94. The second kappa shape index (κ2) is 7.49. The van der Waals surface area contributed by atoms with Crippen LogP contribution in [0.15, 0.2) is 67.4 Å². The Morgan fingerprint density at radius 3 is 2.64 bits per heavy atom. The van der Waals surface area contributed by atoms with Crippen molar-refractivity contribution in [2.24, 2.45) is 0 Å². The van der Waals surface area contributed by atoms with Gasteiger partial charge in [-0.25, -0.2) is 14.4 Å². The zero-order valence-corrected chi connectivity index (χ0v) is 17.5. The van der Waals surface area contributed by atoms with E-state index in [0.717, 1.165) is 33.4 Å². The third kappa shape index (κ3) is 3.26. The van der Waals surface area contributed by atoms with Gasteiger partial charge in [-0.1, -0.05) is 6.07 Å². The number of fused-ring (bicyclic) bond motifs is 2. The van der Waals surface area contributed by atoms with Crippen LogP contribution in [0.3, 0.4) is 0 Å². The summed E-state index contributed by atoms with van der Waals surface area (Å²) in [5.74, 6) is 0.977. The largest absolute Gasteiger partial charge is 0.373 e. The molecule has 0 fully saturated rings. The number of hydrogen-bond donors (Lipinski definition) is 3. The van der Waals surface area contributed by atoms with Crippen molar-refractivity contribution in [3.05, 3.63) is 73.2 Å². The summed E-state index contributed by atoms with van der Waals surface area (Å²) in [5, 5.41) is 11.6. The van der Waals surface area contributed by atoms with Crippen LogP contribution in [-0.2, 0) is 0 Å². The SMILES string of the molecule is CNc1cc(-c2ccc3[nH]nc(-c4nc5c(-c6cncc(F)c6)cncc5[nH]4)c3c2)ccn1. The molecule has 0 bridgehead atoms. The Balaban J connectivity index is 1.49. The molecule has 0 aliphatic rings. The van der Waals surface area contributed by atoms with Gasteiger partial charge in [0.1, 0.15) is 22.8 Å². The van der Waals surface area contributed by atoms with Crippen LogP contribution < -0.4 is 5.32 Å². The molecule has 6 aromatic rings. The lowest BCUT2D eigenvalue weighted by molar-refractivity contribution is 0.622. The number of aromatic amines is 2. The molecular formula is C24H17FN8. The molecule has 6 rings (SSSR count). The summed E-state index contributed by atoms with van der Waals surface area (Å²) in [4.78, 5) is 20.6. The number of benzene rings is 1. The minimum Gasteiger partial charge on any atom is -0.373 e. The first-order valence-corrected chi connectivity index (χ1v) is 10.3. The number of H-pyrrole nitrogens is 2. The van der Waals surface area contributed by atoms with E-state index >= 15 is 0 Å². The number of nitrogens with zero attached hydrogens (tertiary/aromatic N) is 5. The van der Waals surface area contributed by atoms with Crippen molar-refractivity contribution < 1.29 is 4.39 Å². The van der Waals surface area contributed by atoms with Crippen LogP contribution in [-0.4, -0.2) is 42.2 Å². The number of halogens is 1. The highest BCUT2D eigenvalue weighted by molar-refractivity contribution is 5.98. The first kappa shape index (κ1) is 19.1. The van der Waals surface area contributed by atoms with Crippen molar-refractivity contribution in [3.8, 4) is 33.8 Å². The normalized spacial score (nSPS) is 11.3. The monoisotopic (exact) mass is 436 g/mol. The summed E-state index contributed by atoms with van der Waals surface area (Å²) in [6.45, 7) is 0. The van der Waals surface area contributed by atoms with Crippen molar-refractivity contribution >= 4 is 27.8 Å². The summed E-state index contributed by atoms with van der Waals surface area (Å²) >= 11 is 0. The molecule has 0 atom stereocenters. The molecule has 0 spiro atoms. The quantitative estimate of drug-likeness (QED) is 0.366. The lowest BCUT2D eigenvalue weighted by Gasteiger charge is -2.05. The minimum absolute atomic E-state index is 0.413. The van der Waals surface area contributed by atoms with Crippen molar-refractivity contribution in [2.45, 2.75) is 0 Å². The van der Waals surface area contributed by atoms with E-state index in [1.54, 1.807) is 24.8 Å². The van der Waals surface area contributed by atoms with Crippen LogP contribution in [0.5, 0.6) is 0 Å². The predicted molar refractivity (Wildman–Crippen MR) is 125 cm³/mol. The van der Waals surface area contributed by atoms with E-state index in [-0.39, 0.29) is 0 Å². The summed E-state index contributed by atoms with van der Waals surface area (Å²) in [6.07, 6.45) is 7.89. The molecule has 160 valence electrons. The summed E-state index contributed by atoms with van der Waals surface area (Å²) in [6, 6.07) is 11.5. The lowest BCUT2D eigenvalue weighted by Crippen LogP contribution is -1.91. The highest BCUT2D eigenvalue weighted by atomic mass is 19.1.